The molecule has 0 atom stereocenters. The van der Waals surface area contributed by atoms with Gasteiger partial charge in [-0.25, -0.2) is 0 Å². The van der Waals surface area contributed by atoms with Crippen LogP contribution in [0.3, 0.4) is 0 Å². The van der Waals surface area contributed by atoms with Crippen LogP contribution in [0.4, 0.5) is 0 Å². The van der Waals surface area contributed by atoms with Gasteiger partial charge < -0.3 is 4.74 Å². The zero-order valence-electron chi connectivity index (χ0n) is 8.49. The summed E-state index contributed by atoms with van der Waals surface area (Å²) in [5.74, 6) is 1.58. The molecule has 0 aliphatic rings. The van der Waals surface area contributed by atoms with E-state index in [1.807, 2.05) is 6.07 Å². The minimum atomic E-state index is 0.573. The van der Waals surface area contributed by atoms with Crippen molar-refractivity contribution in [3.05, 3.63) is 29.6 Å². The third kappa shape index (κ3) is 1.90. The summed E-state index contributed by atoms with van der Waals surface area (Å²) in [6, 6.07) is 8.34. The maximum atomic E-state index is 5.75. The molecule has 1 aromatic carbocycles. The molecule has 2 rings (SSSR count). The predicted octanol–water partition coefficient (Wildman–Crippen LogP) is 3.94. The molecule has 0 aliphatic heterocycles. The van der Waals surface area contributed by atoms with Crippen LogP contribution in [-0.4, -0.2) is 6.61 Å². The van der Waals surface area contributed by atoms with E-state index >= 15 is 0 Å². The van der Waals surface area contributed by atoms with Crippen LogP contribution in [0.2, 0.25) is 0 Å². The number of thiophene rings is 1. The average molecular weight is 206 g/mol. The normalized spacial score (nSPS) is 11.1. The smallest absolute Gasteiger partial charge is 0.127 e. The highest BCUT2D eigenvalue weighted by Gasteiger charge is 2.03. The Labute approximate surface area is 88.3 Å². The van der Waals surface area contributed by atoms with Gasteiger partial charge in [0.25, 0.3) is 0 Å². The van der Waals surface area contributed by atoms with Crippen LogP contribution in [0.1, 0.15) is 13.8 Å². The average Bonchev–Trinajstić information content (AvgIpc) is 2.62. The minimum Gasteiger partial charge on any atom is -0.493 e. The van der Waals surface area contributed by atoms with E-state index in [4.69, 9.17) is 4.74 Å². The molecule has 0 bridgehead atoms. The molecule has 1 aromatic heterocycles. The lowest BCUT2D eigenvalue weighted by atomic mass is 10.2. The van der Waals surface area contributed by atoms with Gasteiger partial charge in [-0.05, 0) is 29.5 Å². The highest BCUT2D eigenvalue weighted by atomic mass is 32.1. The second-order valence-corrected chi connectivity index (χ2v) is 4.74. The van der Waals surface area contributed by atoms with Crippen molar-refractivity contribution in [3.63, 3.8) is 0 Å². The van der Waals surface area contributed by atoms with Crippen molar-refractivity contribution in [2.75, 3.05) is 6.61 Å². The van der Waals surface area contributed by atoms with Gasteiger partial charge in [-0.2, -0.15) is 0 Å². The maximum Gasteiger partial charge on any atom is 0.127 e. The quantitative estimate of drug-likeness (QED) is 0.739. The lowest BCUT2D eigenvalue weighted by molar-refractivity contribution is 0.274. The topological polar surface area (TPSA) is 9.23 Å². The summed E-state index contributed by atoms with van der Waals surface area (Å²) in [5, 5.41) is 3.34. The minimum absolute atomic E-state index is 0.573. The number of hydrogen-bond acceptors (Lipinski definition) is 2. The van der Waals surface area contributed by atoms with Crippen molar-refractivity contribution in [1.82, 2.24) is 0 Å². The first-order valence-corrected chi connectivity index (χ1v) is 5.74. The van der Waals surface area contributed by atoms with E-state index in [0.29, 0.717) is 5.92 Å². The Hall–Kier alpha value is -1.02. The van der Waals surface area contributed by atoms with Gasteiger partial charge in [0.05, 0.1) is 6.61 Å². The molecule has 1 heterocycles. The summed E-state index contributed by atoms with van der Waals surface area (Å²) in [5.41, 5.74) is 0. The number of rotatable bonds is 3. The molecule has 0 fully saturated rings. The fourth-order valence-electron chi connectivity index (χ4n) is 1.35. The Morgan fingerprint density at radius 1 is 1.29 bits per heavy atom. The van der Waals surface area contributed by atoms with Crippen molar-refractivity contribution >= 4 is 21.4 Å². The fraction of sp³-hybridized carbons (Fsp3) is 0.333. The van der Waals surface area contributed by atoms with Gasteiger partial charge in [0.15, 0.2) is 0 Å². The van der Waals surface area contributed by atoms with E-state index in [1.54, 1.807) is 11.3 Å². The summed E-state index contributed by atoms with van der Waals surface area (Å²) in [7, 11) is 0. The molecular formula is C12H14OS. The second kappa shape index (κ2) is 4.01. The van der Waals surface area contributed by atoms with E-state index in [-0.39, 0.29) is 0 Å². The van der Waals surface area contributed by atoms with Crippen molar-refractivity contribution < 1.29 is 4.74 Å². The molecule has 0 spiro atoms. The molecule has 2 aromatic rings. The Morgan fingerprint density at radius 2 is 2.14 bits per heavy atom. The van der Waals surface area contributed by atoms with E-state index in [2.05, 4.69) is 37.4 Å². The van der Waals surface area contributed by atoms with Crippen LogP contribution in [0.5, 0.6) is 5.75 Å². The van der Waals surface area contributed by atoms with Gasteiger partial charge in [0, 0.05) is 10.1 Å². The Kier molecular flexibility index (Phi) is 2.73. The zero-order valence-corrected chi connectivity index (χ0v) is 9.30. The molecule has 2 heteroatoms. The highest BCUT2D eigenvalue weighted by Crippen LogP contribution is 2.29. The second-order valence-electron chi connectivity index (χ2n) is 3.79. The molecule has 14 heavy (non-hydrogen) atoms. The van der Waals surface area contributed by atoms with Gasteiger partial charge in [-0.1, -0.05) is 19.9 Å². The first kappa shape index (κ1) is 9.53. The maximum absolute atomic E-state index is 5.75. The third-order valence-electron chi connectivity index (χ3n) is 2.03. The largest absolute Gasteiger partial charge is 0.493 e. The van der Waals surface area contributed by atoms with E-state index in [0.717, 1.165) is 12.4 Å². The monoisotopic (exact) mass is 206 g/mol. The molecule has 0 amide bonds. The standard InChI is InChI=1S/C12H14OS/c1-9(2)8-13-11-4-3-5-12-10(11)6-7-14-12/h3-7,9H,8H2,1-2H3. The van der Waals surface area contributed by atoms with Crippen molar-refractivity contribution in [2.45, 2.75) is 13.8 Å². The lowest BCUT2D eigenvalue weighted by Gasteiger charge is -2.09. The molecule has 0 radical (unpaired) electrons. The van der Waals surface area contributed by atoms with Crippen molar-refractivity contribution in [3.8, 4) is 5.75 Å². The van der Waals surface area contributed by atoms with E-state index in [9.17, 15) is 0 Å². The third-order valence-corrected chi connectivity index (χ3v) is 2.91. The Morgan fingerprint density at radius 3 is 2.93 bits per heavy atom. The Balaban J connectivity index is 2.27. The molecule has 0 aliphatic carbocycles. The van der Waals surface area contributed by atoms with Crippen LogP contribution in [0, 0.1) is 5.92 Å². The molecule has 1 nitrogen and oxygen atoms in total. The SMILES string of the molecule is CC(C)COc1cccc2sccc12. The van der Waals surface area contributed by atoms with E-state index < -0.39 is 0 Å². The number of benzene rings is 1. The van der Waals surface area contributed by atoms with Crippen LogP contribution in [-0.2, 0) is 0 Å². The van der Waals surface area contributed by atoms with E-state index in [1.165, 1.54) is 10.1 Å². The summed E-state index contributed by atoms with van der Waals surface area (Å²) in [6.07, 6.45) is 0. The first-order chi connectivity index (χ1) is 6.77. The molecule has 0 saturated heterocycles. The zero-order chi connectivity index (χ0) is 9.97. The van der Waals surface area contributed by atoms with Gasteiger partial charge in [0.1, 0.15) is 5.75 Å². The number of fused-ring (bicyclic) bond motifs is 1. The fourth-order valence-corrected chi connectivity index (χ4v) is 2.15. The number of hydrogen-bond donors (Lipinski definition) is 0. The first-order valence-electron chi connectivity index (χ1n) is 4.86. The van der Waals surface area contributed by atoms with Crippen LogP contribution < -0.4 is 4.74 Å². The molecule has 0 unspecified atom stereocenters. The van der Waals surface area contributed by atoms with Gasteiger partial charge in [-0.15, -0.1) is 11.3 Å². The van der Waals surface area contributed by atoms with Crippen LogP contribution in [0.25, 0.3) is 10.1 Å². The summed E-state index contributed by atoms with van der Waals surface area (Å²) < 4.78 is 7.04. The lowest BCUT2D eigenvalue weighted by Crippen LogP contribution is -2.04. The van der Waals surface area contributed by atoms with Gasteiger partial charge in [-0.3, -0.25) is 0 Å². The van der Waals surface area contributed by atoms with Crippen molar-refractivity contribution in [1.29, 1.82) is 0 Å². The Bertz CT molecular complexity index is 417. The summed E-state index contributed by atoms with van der Waals surface area (Å²) in [4.78, 5) is 0. The predicted molar refractivity (Wildman–Crippen MR) is 62.2 cm³/mol. The number of ether oxygens (including phenoxy) is 1. The molecule has 0 N–H and O–H groups in total. The molecule has 74 valence electrons. The molecular weight excluding hydrogens is 192 g/mol. The molecule has 0 saturated carbocycles. The van der Waals surface area contributed by atoms with Gasteiger partial charge >= 0.3 is 0 Å². The van der Waals surface area contributed by atoms with Crippen LogP contribution >= 0.6 is 11.3 Å². The van der Waals surface area contributed by atoms with Crippen molar-refractivity contribution in [2.24, 2.45) is 5.92 Å². The summed E-state index contributed by atoms with van der Waals surface area (Å²) >= 11 is 1.76. The highest BCUT2D eigenvalue weighted by molar-refractivity contribution is 7.17. The van der Waals surface area contributed by atoms with Gasteiger partial charge in [0.2, 0.25) is 0 Å². The van der Waals surface area contributed by atoms with Crippen LogP contribution in [0.15, 0.2) is 29.6 Å². The summed E-state index contributed by atoms with van der Waals surface area (Å²) in [6.45, 7) is 5.11.